The van der Waals surface area contributed by atoms with Crippen LogP contribution in [-0.2, 0) is 10.0 Å². The molecule has 0 saturated heterocycles. The van der Waals surface area contributed by atoms with Crippen LogP contribution in [0.3, 0.4) is 0 Å². The number of amides is 1. The van der Waals surface area contributed by atoms with E-state index >= 15 is 0 Å². The lowest BCUT2D eigenvalue weighted by atomic mass is 10.1. The molecule has 0 unspecified atom stereocenters. The molecule has 1 aromatic rings. The van der Waals surface area contributed by atoms with E-state index < -0.39 is 10.0 Å². The molecule has 21 heavy (non-hydrogen) atoms. The molecular weight excluding hydrogens is 288 g/mol. The minimum atomic E-state index is -3.55. The Kier molecular flexibility index (Phi) is 6.58. The lowest BCUT2D eigenvalue weighted by molar-refractivity contribution is 0.0934. The van der Waals surface area contributed by atoms with Crippen molar-refractivity contribution in [3.05, 3.63) is 42.5 Å². The van der Waals surface area contributed by atoms with Crippen molar-refractivity contribution in [1.82, 2.24) is 10.0 Å². The normalized spacial score (nSPS) is 11.4. The van der Waals surface area contributed by atoms with Crippen LogP contribution in [0.2, 0.25) is 0 Å². The van der Waals surface area contributed by atoms with E-state index in [4.69, 9.17) is 0 Å². The lowest BCUT2D eigenvalue weighted by Crippen LogP contribution is -2.33. The summed E-state index contributed by atoms with van der Waals surface area (Å²) in [7, 11) is -3.55. The molecule has 1 rings (SSSR count). The van der Waals surface area contributed by atoms with Crippen molar-refractivity contribution < 1.29 is 13.2 Å². The Balaban J connectivity index is 2.82. The van der Waals surface area contributed by atoms with Crippen LogP contribution in [0.5, 0.6) is 0 Å². The first kappa shape index (κ1) is 17.4. The molecule has 0 radical (unpaired) electrons. The van der Waals surface area contributed by atoms with Gasteiger partial charge in [0.05, 0.1) is 4.90 Å². The predicted molar refractivity (Wildman–Crippen MR) is 83.7 cm³/mol. The SMILES string of the molecule is C=CCNS(=O)(=O)c1ccc(C(=O)NC(CC)CC)cc1. The van der Waals surface area contributed by atoms with Crippen molar-refractivity contribution in [1.29, 1.82) is 0 Å². The highest BCUT2D eigenvalue weighted by atomic mass is 32.2. The van der Waals surface area contributed by atoms with Gasteiger partial charge in [0.25, 0.3) is 5.91 Å². The van der Waals surface area contributed by atoms with E-state index in [0.29, 0.717) is 5.56 Å². The number of benzene rings is 1. The van der Waals surface area contributed by atoms with E-state index in [1.54, 1.807) is 0 Å². The zero-order valence-electron chi connectivity index (χ0n) is 12.4. The average Bonchev–Trinajstić information content (AvgIpc) is 2.50. The Morgan fingerprint density at radius 1 is 1.24 bits per heavy atom. The summed E-state index contributed by atoms with van der Waals surface area (Å²) in [5.74, 6) is -0.188. The molecule has 0 bridgehead atoms. The number of hydrogen-bond acceptors (Lipinski definition) is 3. The maximum Gasteiger partial charge on any atom is 0.251 e. The highest BCUT2D eigenvalue weighted by Gasteiger charge is 2.15. The summed E-state index contributed by atoms with van der Waals surface area (Å²) >= 11 is 0. The molecule has 0 aliphatic heterocycles. The summed E-state index contributed by atoms with van der Waals surface area (Å²) in [5, 5.41) is 2.91. The maximum absolute atomic E-state index is 12.0. The minimum Gasteiger partial charge on any atom is -0.349 e. The van der Waals surface area contributed by atoms with E-state index in [-0.39, 0.29) is 23.4 Å². The number of carbonyl (C=O) groups excluding carboxylic acids is 1. The molecule has 0 aromatic heterocycles. The fraction of sp³-hybridized carbons (Fsp3) is 0.400. The van der Waals surface area contributed by atoms with Gasteiger partial charge in [-0.3, -0.25) is 4.79 Å². The minimum absolute atomic E-state index is 0.128. The van der Waals surface area contributed by atoms with Gasteiger partial charge >= 0.3 is 0 Å². The molecule has 5 nitrogen and oxygen atoms in total. The second kappa shape index (κ2) is 7.95. The second-order valence-electron chi connectivity index (χ2n) is 4.65. The molecule has 0 atom stereocenters. The van der Waals surface area contributed by atoms with Gasteiger partial charge < -0.3 is 5.32 Å². The lowest BCUT2D eigenvalue weighted by Gasteiger charge is -2.14. The van der Waals surface area contributed by atoms with Gasteiger partial charge in [-0.15, -0.1) is 6.58 Å². The van der Waals surface area contributed by atoms with Gasteiger partial charge in [-0.05, 0) is 37.1 Å². The van der Waals surface area contributed by atoms with Crippen LogP contribution < -0.4 is 10.0 Å². The van der Waals surface area contributed by atoms with Crippen LogP contribution in [0.4, 0.5) is 0 Å². The predicted octanol–water partition coefficient (Wildman–Crippen LogP) is 2.07. The largest absolute Gasteiger partial charge is 0.349 e. The van der Waals surface area contributed by atoms with E-state index in [9.17, 15) is 13.2 Å². The summed E-state index contributed by atoms with van der Waals surface area (Å²) in [4.78, 5) is 12.1. The standard InChI is InChI=1S/C15H22N2O3S/c1-4-11-16-21(19,20)14-9-7-12(8-10-14)15(18)17-13(5-2)6-3/h4,7-10,13,16H,1,5-6,11H2,2-3H3,(H,17,18). The Hall–Kier alpha value is -1.66. The molecule has 1 amide bonds. The molecule has 1 aromatic carbocycles. The van der Waals surface area contributed by atoms with Gasteiger partial charge in [-0.2, -0.15) is 0 Å². The summed E-state index contributed by atoms with van der Waals surface area (Å²) in [5.41, 5.74) is 0.449. The fourth-order valence-electron chi connectivity index (χ4n) is 1.80. The summed E-state index contributed by atoms with van der Waals surface area (Å²) < 4.78 is 26.1. The molecule has 0 aliphatic rings. The van der Waals surface area contributed by atoms with E-state index in [1.165, 1.54) is 30.3 Å². The first-order valence-corrected chi connectivity index (χ1v) is 8.44. The Morgan fingerprint density at radius 3 is 2.29 bits per heavy atom. The third kappa shape index (κ3) is 4.99. The zero-order valence-corrected chi connectivity index (χ0v) is 13.2. The van der Waals surface area contributed by atoms with Gasteiger partial charge in [-0.25, -0.2) is 13.1 Å². The van der Waals surface area contributed by atoms with Crippen molar-refractivity contribution in [3.63, 3.8) is 0 Å². The molecule has 0 spiro atoms. The Labute approximate surface area is 126 Å². The number of hydrogen-bond donors (Lipinski definition) is 2. The van der Waals surface area contributed by atoms with Gasteiger partial charge in [0.2, 0.25) is 10.0 Å². The van der Waals surface area contributed by atoms with Crippen LogP contribution in [0.15, 0.2) is 41.8 Å². The zero-order chi connectivity index (χ0) is 15.9. The van der Waals surface area contributed by atoms with Crippen LogP contribution in [0.1, 0.15) is 37.0 Å². The maximum atomic E-state index is 12.0. The van der Waals surface area contributed by atoms with Crippen LogP contribution in [0.25, 0.3) is 0 Å². The van der Waals surface area contributed by atoms with Crippen molar-refractivity contribution >= 4 is 15.9 Å². The van der Waals surface area contributed by atoms with Gasteiger partial charge in [0.15, 0.2) is 0 Å². The van der Waals surface area contributed by atoms with Crippen LogP contribution >= 0.6 is 0 Å². The molecule has 0 aliphatic carbocycles. The van der Waals surface area contributed by atoms with Crippen molar-refractivity contribution in [2.24, 2.45) is 0 Å². The first-order valence-electron chi connectivity index (χ1n) is 6.96. The van der Waals surface area contributed by atoms with E-state index in [0.717, 1.165) is 12.8 Å². The van der Waals surface area contributed by atoms with Crippen molar-refractivity contribution in [2.45, 2.75) is 37.6 Å². The molecular formula is C15H22N2O3S. The average molecular weight is 310 g/mol. The third-order valence-corrected chi connectivity index (χ3v) is 4.60. The van der Waals surface area contributed by atoms with Gasteiger partial charge in [-0.1, -0.05) is 19.9 Å². The number of rotatable bonds is 8. The number of sulfonamides is 1. The molecule has 0 fully saturated rings. The first-order chi connectivity index (χ1) is 9.94. The summed E-state index contributed by atoms with van der Waals surface area (Å²) in [6.45, 7) is 7.64. The van der Waals surface area contributed by atoms with E-state index in [2.05, 4.69) is 16.6 Å². The third-order valence-electron chi connectivity index (χ3n) is 3.17. The molecule has 116 valence electrons. The summed E-state index contributed by atoms with van der Waals surface area (Å²) in [6, 6.07) is 6.01. The van der Waals surface area contributed by atoms with Gasteiger partial charge in [0, 0.05) is 18.2 Å². The molecule has 2 N–H and O–H groups in total. The number of nitrogens with one attached hydrogen (secondary N) is 2. The second-order valence-corrected chi connectivity index (χ2v) is 6.42. The Bertz CT molecular complexity index is 575. The summed E-state index contributed by atoms with van der Waals surface area (Å²) in [6.07, 6.45) is 3.19. The van der Waals surface area contributed by atoms with Crippen LogP contribution in [0, 0.1) is 0 Å². The molecule has 6 heteroatoms. The van der Waals surface area contributed by atoms with E-state index in [1.807, 2.05) is 13.8 Å². The fourth-order valence-corrected chi connectivity index (χ4v) is 2.80. The highest BCUT2D eigenvalue weighted by Crippen LogP contribution is 2.11. The smallest absolute Gasteiger partial charge is 0.251 e. The topological polar surface area (TPSA) is 75.3 Å². The monoisotopic (exact) mass is 310 g/mol. The Morgan fingerprint density at radius 2 is 1.81 bits per heavy atom. The number of carbonyl (C=O) groups is 1. The van der Waals surface area contributed by atoms with Crippen LogP contribution in [-0.4, -0.2) is 26.9 Å². The molecule has 0 saturated carbocycles. The van der Waals surface area contributed by atoms with Gasteiger partial charge in [0.1, 0.15) is 0 Å². The molecule has 0 heterocycles. The van der Waals surface area contributed by atoms with Crippen molar-refractivity contribution in [3.8, 4) is 0 Å². The van der Waals surface area contributed by atoms with Crippen molar-refractivity contribution in [2.75, 3.05) is 6.54 Å². The quantitative estimate of drug-likeness (QED) is 0.722. The highest BCUT2D eigenvalue weighted by molar-refractivity contribution is 7.89.